The SMILES string of the molecule is COc1cc(C(=O)OC(=O)CCCCCN)cc(OC)c1OC. The molecule has 2 N–H and O–H groups in total. The molecule has 0 aliphatic carbocycles. The Hall–Kier alpha value is -2.28. The van der Waals surface area contributed by atoms with Crippen LogP contribution in [-0.4, -0.2) is 39.8 Å². The number of nitrogens with two attached hydrogens (primary N) is 1. The second-order valence-electron chi connectivity index (χ2n) is 4.77. The molecule has 0 radical (unpaired) electrons. The maximum Gasteiger partial charge on any atom is 0.346 e. The van der Waals surface area contributed by atoms with Crippen molar-refractivity contribution in [2.75, 3.05) is 27.9 Å². The molecule has 23 heavy (non-hydrogen) atoms. The molecule has 0 aromatic heterocycles. The number of unbranched alkanes of at least 4 members (excludes halogenated alkanes) is 2. The van der Waals surface area contributed by atoms with E-state index in [1.165, 1.54) is 33.5 Å². The molecule has 0 aliphatic heterocycles. The molecule has 0 atom stereocenters. The molecule has 0 unspecified atom stereocenters. The molecule has 0 amide bonds. The highest BCUT2D eigenvalue weighted by Gasteiger charge is 2.19. The van der Waals surface area contributed by atoms with E-state index in [-0.39, 0.29) is 12.0 Å². The number of benzene rings is 1. The smallest absolute Gasteiger partial charge is 0.346 e. The zero-order valence-electron chi connectivity index (χ0n) is 13.7. The van der Waals surface area contributed by atoms with Gasteiger partial charge in [0.05, 0.1) is 26.9 Å². The molecule has 7 nitrogen and oxygen atoms in total. The molecule has 0 saturated heterocycles. The number of rotatable bonds is 9. The van der Waals surface area contributed by atoms with Crippen LogP contribution in [0.2, 0.25) is 0 Å². The van der Waals surface area contributed by atoms with E-state index in [1.54, 1.807) is 0 Å². The van der Waals surface area contributed by atoms with Gasteiger partial charge in [0, 0.05) is 6.42 Å². The van der Waals surface area contributed by atoms with E-state index in [0.29, 0.717) is 30.2 Å². The number of hydrogen-bond acceptors (Lipinski definition) is 7. The van der Waals surface area contributed by atoms with Crippen LogP contribution in [0.25, 0.3) is 0 Å². The van der Waals surface area contributed by atoms with Crippen LogP contribution in [0.1, 0.15) is 36.0 Å². The molecule has 1 rings (SSSR count). The molecule has 0 saturated carbocycles. The summed E-state index contributed by atoms with van der Waals surface area (Å²) >= 11 is 0. The minimum absolute atomic E-state index is 0.148. The molecule has 0 fully saturated rings. The number of carbonyl (C=O) groups is 2. The van der Waals surface area contributed by atoms with Gasteiger partial charge in [0.2, 0.25) is 5.75 Å². The van der Waals surface area contributed by atoms with Crippen molar-refractivity contribution in [3.63, 3.8) is 0 Å². The molecule has 128 valence electrons. The van der Waals surface area contributed by atoms with Crippen LogP contribution in [-0.2, 0) is 9.53 Å². The Morgan fingerprint density at radius 3 is 2.04 bits per heavy atom. The Morgan fingerprint density at radius 2 is 1.57 bits per heavy atom. The van der Waals surface area contributed by atoms with Gasteiger partial charge in [-0.3, -0.25) is 4.79 Å². The zero-order valence-corrected chi connectivity index (χ0v) is 13.7. The molecular weight excluding hydrogens is 302 g/mol. The summed E-state index contributed by atoms with van der Waals surface area (Å²) in [4.78, 5) is 23.7. The highest BCUT2D eigenvalue weighted by Crippen LogP contribution is 2.38. The zero-order chi connectivity index (χ0) is 17.2. The topological polar surface area (TPSA) is 97.1 Å². The predicted octanol–water partition coefficient (Wildman–Crippen LogP) is 1.91. The van der Waals surface area contributed by atoms with E-state index in [2.05, 4.69) is 0 Å². The first kappa shape index (κ1) is 18.8. The average Bonchev–Trinajstić information content (AvgIpc) is 2.57. The third-order valence-electron chi connectivity index (χ3n) is 3.19. The number of esters is 2. The van der Waals surface area contributed by atoms with Crippen LogP contribution < -0.4 is 19.9 Å². The monoisotopic (exact) mass is 325 g/mol. The Balaban J connectivity index is 2.77. The fraction of sp³-hybridized carbons (Fsp3) is 0.500. The molecule has 0 aliphatic rings. The standard InChI is InChI=1S/C16H23NO6/c1-20-12-9-11(10-13(21-2)15(12)22-3)16(19)23-14(18)7-5-4-6-8-17/h9-10H,4-8,17H2,1-3H3. The van der Waals surface area contributed by atoms with E-state index < -0.39 is 11.9 Å². The van der Waals surface area contributed by atoms with E-state index >= 15 is 0 Å². The first-order chi connectivity index (χ1) is 11.1. The van der Waals surface area contributed by atoms with Crippen LogP contribution in [0, 0.1) is 0 Å². The molecule has 0 heterocycles. The van der Waals surface area contributed by atoms with Crippen molar-refractivity contribution in [3.05, 3.63) is 17.7 Å². The van der Waals surface area contributed by atoms with Gasteiger partial charge >= 0.3 is 11.9 Å². The largest absolute Gasteiger partial charge is 0.493 e. The summed E-state index contributed by atoms with van der Waals surface area (Å²) in [6.45, 7) is 0.583. The first-order valence-electron chi connectivity index (χ1n) is 7.32. The average molecular weight is 325 g/mol. The second kappa shape index (κ2) is 9.68. The lowest BCUT2D eigenvalue weighted by Gasteiger charge is -2.13. The van der Waals surface area contributed by atoms with Crippen molar-refractivity contribution in [2.45, 2.75) is 25.7 Å². The second-order valence-corrected chi connectivity index (χ2v) is 4.77. The van der Waals surface area contributed by atoms with Crippen LogP contribution in [0.5, 0.6) is 17.2 Å². The summed E-state index contributed by atoms with van der Waals surface area (Å²) < 4.78 is 20.3. The van der Waals surface area contributed by atoms with Gasteiger partial charge in [-0.25, -0.2) is 4.79 Å². The number of ether oxygens (including phenoxy) is 4. The molecule has 1 aromatic carbocycles. The summed E-state index contributed by atoms with van der Waals surface area (Å²) in [6.07, 6.45) is 2.48. The third-order valence-corrected chi connectivity index (χ3v) is 3.19. The Bertz CT molecular complexity index is 518. The molecular formula is C16H23NO6. The quantitative estimate of drug-likeness (QED) is 0.421. The summed E-state index contributed by atoms with van der Waals surface area (Å²) in [5, 5.41) is 0. The summed E-state index contributed by atoms with van der Waals surface area (Å²) in [7, 11) is 4.34. The molecule has 1 aromatic rings. The maximum atomic E-state index is 12.1. The number of hydrogen-bond donors (Lipinski definition) is 1. The Morgan fingerprint density at radius 1 is 0.957 bits per heavy atom. The van der Waals surface area contributed by atoms with Crippen molar-refractivity contribution >= 4 is 11.9 Å². The van der Waals surface area contributed by atoms with Gasteiger partial charge in [-0.15, -0.1) is 0 Å². The molecule has 0 spiro atoms. The molecule has 0 bridgehead atoms. The first-order valence-corrected chi connectivity index (χ1v) is 7.32. The van der Waals surface area contributed by atoms with Gasteiger partial charge in [0.15, 0.2) is 11.5 Å². The normalized spacial score (nSPS) is 10.1. The maximum absolute atomic E-state index is 12.1. The highest BCUT2D eigenvalue weighted by atomic mass is 16.6. The fourth-order valence-corrected chi connectivity index (χ4v) is 2.00. The lowest BCUT2D eigenvalue weighted by atomic mass is 10.1. The Labute approximate surface area is 135 Å². The van der Waals surface area contributed by atoms with Crippen LogP contribution in [0.4, 0.5) is 0 Å². The summed E-state index contributed by atoms with van der Waals surface area (Å²) in [6, 6.07) is 2.87. The van der Waals surface area contributed by atoms with Crippen molar-refractivity contribution < 1.29 is 28.5 Å². The minimum Gasteiger partial charge on any atom is -0.493 e. The van der Waals surface area contributed by atoms with Gasteiger partial charge in [0.25, 0.3) is 0 Å². The van der Waals surface area contributed by atoms with Crippen molar-refractivity contribution in [1.82, 2.24) is 0 Å². The number of carbonyl (C=O) groups excluding carboxylic acids is 2. The van der Waals surface area contributed by atoms with E-state index in [0.717, 1.165) is 12.8 Å². The van der Waals surface area contributed by atoms with Gasteiger partial charge in [0.1, 0.15) is 0 Å². The van der Waals surface area contributed by atoms with Gasteiger partial charge in [-0.1, -0.05) is 6.42 Å². The highest BCUT2D eigenvalue weighted by molar-refractivity contribution is 5.97. The Kier molecular flexibility index (Phi) is 7.90. The van der Waals surface area contributed by atoms with Gasteiger partial charge < -0.3 is 24.7 Å². The predicted molar refractivity (Wildman–Crippen MR) is 84.0 cm³/mol. The van der Waals surface area contributed by atoms with E-state index in [4.69, 9.17) is 24.7 Å². The van der Waals surface area contributed by atoms with Crippen molar-refractivity contribution in [3.8, 4) is 17.2 Å². The fourth-order valence-electron chi connectivity index (χ4n) is 2.00. The van der Waals surface area contributed by atoms with Crippen LogP contribution in [0.15, 0.2) is 12.1 Å². The number of methoxy groups -OCH3 is 3. The van der Waals surface area contributed by atoms with Crippen LogP contribution >= 0.6 is 0 Å². The van der Waals surface area contributed by atoms with Crippen molar-refractivity contribution in [1.29, 1.82) is 0 Å². The summed E-state index contributed by atoms with van der Waals surface area (Å²) in [5.74, 6) is -0.336. The lowest BCUT2D eigenvalue weighted by molar-refractivity contribution is -0.138. The minimum atomic E-state index is -0.756. The van der Waals surface area contributed by atoms with Gasteiger partial charge in [-0.05, 0) is 31.5 Å². The lowest BCUT2D eigenvalue weighted by Crippen LogP contribution is -2.13. The van der Waals surface area contributed by atoms with Crippen molar-refractivity contribution in [2.24, 2.45) is 5.73 Å². The third kappa shape index (κ3) is 5.45. The van der Waals surface area contributed by atoms with E-state index in [1.807, 2.05) is 0 Å². The molecule has 7 heteroatoms. The van der Waals surface area contributed by atoms with Gasteiger partial charge in [-0.2, -0.15) is 0 Å². The summed E-state index contributed by atoms with van der Waals surface area (Å²) in [5.41, 5.74) is 5.52. The van der Waals surface area contributed by atoms with E-state index in [9.17, 15) is 9.59 Å². The van der Waals surface area contributed by atoms with Crippen LogP contribution in [0.3, 0.4) is 0 Å².